The number of piperidine rings is 1. The van der Waals surface area contributed by atoms with E-state index in [0.717, 1.165) is 31.5 Å². The van der Waals surface area contributed by atoms with E-state index in [0.29, 0.717) is 12.3 Å². The molecule has 2 aromatic rings. The summed E-state index contributed by atoms with van der Waals surface area (Å²) in [5.41, 5.74) is 1.02. The van der Waals surface area contributed by atoms with Crippen molar-refractivity contribution in [1.29, 1.82) is 0 Å². The Hall–Kier alpha value is -2.56. The van der Waals surface area contributed by atoms with Crippen LogP contribution in [0.2, 0.25) is 0 Å². The van der Waals surface area contributed by atoms with Gasteiger partial charge in [0.1, 0.15) is 6.04 Å². The van der Waals surface area contributed by atoms with Gasteiger partial charge in [-0.2, -0.15) is 0 Å². The molecule has 0 aliphatic carbocycles. The molecule has 1 aromatic heterocycles. The molecule has 1 aliphatic rings. The normalized spacial score (nSPS) is 16.4. The number of likely N-dealkylation sites (tertiary alicyclic amines) is 1. The molecular formula is C20H24N2O3. The smallest absolute Gasteiger partial charge is 0.287 e. The van der Waals surface area contributed by atoms with Crippen molar-refractivity contribution in [2.75, 3.05) is 13.1 Å². The molecule has 1 unspecified atom stereocenters. The highest BCUT2D eigenvalue weighted by Gasteiger charge is 2.29. The van der Waals surface area contributed by atoms with Gasteiger partial charge in [0.05, 0.1) is 6.26 Å². The highest BCUT2D eigenvalue weighted by Crippen LogP contribution is 2.18. The van der Waals surface area contributed by atoms with Crippen LogP contribution < -0.4 is 5.32 Å². The van der Waals surface area contributed by atoms with Crippen LogP contribution in [0, 0.1) is 5.92 Å². The molecule has 2 amide bonds. The van der Waals surface area contributed by atoms with E-state index in [-0.39, 0.29) is 17.6 Å². The zero-order valence-corrected chi connectivity index (χ0v) is 14.5. The van der Waals surface area contributed by atoms with Crippen LogP contribution in [0.1, 0.15) is 35.9 Å². The summed E-state index contributed by atoms with van der Waals surface area (Å²) in [6.07, 6.45) is 3.94. The van der Waals surface area contributed by atoms with E-state index in [9.17, 15) is 9.59 Å². The monoisotopic (exact) mass is 340 g/mol. The summed E-state index contributed by atoms with van der Waals surface area (Å²) in [7, 11) is 0. The van der Waals surface area contributed by atoms with E-state index in [1.807, 2.05) is 35.2 Å². The van der Waals surface area contributed by atoms with Gasteiger partial charge in [0.25, 0.3) is 5.91 Å². The molecule has 1 fully saturated rings. The summed E-state index contributed by atoms with van der Waals surface area (Å²) < 4.78 is 5.15. The van der Waals surface area contributed by atoms with E-state index in [2.05, 4.69) is 12.2 Å². The minimum Gasteiger partial charge on any atom is -0.459 e. The van der Waals surface area contributed by atoms with Crippen molar-refractivity contribution >= 4 is 11.8 Å². The first-order valence-corrected chi connectivity index (χ1v) is 8.80. The van der Waals surface area contributed by atoms with Crippen molar-refractivity contribution in [3.63, 3.8) is 0 Å². The zero-order chi connectivity index (χ0) is 17.6. The molecule has 5 heteroatoms. The van der Waals surface area contributed by atoms with Crippen LogP contribution in [0.15, 0.2) is 53.1 Å². The molecule has 1 aromatic carbocycles. The first-order chi connectivity index (χ1) is 12.1. The standard InChI is InChI=1S/C20H24N2O3/c1-15-9-11-22(12-10-15)20(24)17(14-16-6-3-2-4-7-16)21-19(23)18-8-5-13-25-18/h2-8,13,15,17H,9-12,14H2,1H3,(H,21,23). The van der Waals surface area contributed by atoms with E-state index in [1.54, 1.807) is 12.1 Å². The number of carbonyl (C=O) groups is 2. The van der Waals surface area contributed by atoms with Crippen molar-refractivity contribution in [2.24, 2.45) is 5.92 Å². The molecule has 0 saturated carbocycles. The predicted octanol–water partition coefficient (Wildman–Crippen LogP) is 2.88. The van der Waals surface area contributed by atoms with Crippen molar-refractivity contribution in [3.8, 4) is 0 Å². The number of nitrogens with one attached hydrogen (secondary N) is 1. The maximum absolute atomic E-state index is 13.0. The number of rotatable bonds is 5. The quantitative estimate of drug-likeness (QED) is 0.910. The summed E-state index contributed by atoms with van der Waals surface area (Å²) in [6.45, 7) is 3.71. The molecule has 5 nitrogen and oxygen atoms in total. The third-order valence-electron chi connectivity index (χ3n) is 4.73. The first-order valence-electron chi connectivity index (χ1n) is 8.80. The van der Waals surface area contributed by atoms with Gasteiger partial charge < -0.3 is 14.6 Å². The van der Waals surface area contributed by atoms with Crippen molar-refractivity contribution < 1.29 is 14.0 Å². The Balaban J connectivity index is 1.73. The number of hydrogen-bond acceptors (Lipinski definition) is 3. The van der Waals surface area contributed by atoms with E-state index < -0.39 is 6.04 Å². The molecule has 132 valence electrons. The number of furan rings is 1. The fourth-order valence-corrected chi connectivity index (χ4v) is 3.14. The van der Waals surface area contributed by atoms with Gasteiger partial charge in [0.15, 0.2) is 5.76 Å². The van der Waals surface area contributed by atoms with Crippen LogP contribution in [0.3, 0.4) is 0 Å². The Kier molecular flexibility index (Phi) is 5.53. The van der Waals surface area contributed by atoms with Gasteiger partial charge in [0, 0.05) is 19.5 Å². The summed E-state index contributed by atoms with van der Waals surface area (Å²) in [4.78, 5) is 27.2. The van der Waals surface area contributed by atoms with Crippen LogP contribution in [0.4, 0.5) is 0 Å². The fourth-order valence-electron chi connectivity index (χ4n) is 3.14. The largest absolute Gasteiger partial charge is 0.459 e. The molecule has 1 N–H and O–H groups in total. The van der Waals surface area contributed by atoms with Gasteiger partial charge >= 0.3 is 0 Å². The maximum Gasteiger partial charge on any atom is 0.287 e. The molecule has 3 rings (SSSR count). The van der Waals surface area contributed by atoms with Gasteiger partial charge in [0.2, 0.25) is 5.91 Å². The van der Waals surface area contributed by atoms with Gasteiger partial charge in [-0.25, -0.2) is 0 Å². The third kappa shape index (κ3) is 4.50. The van der Waals surface area contributed by atoms with E-state index in [4.69, 9.17) is 4.42 Å². The highest BCUT2D eigenvalue weighted by atomic mass is 16.3. The van der Waals surface area contributed by atoms with Gasteiger partial charge in [-0.3, -0.25) is 9.59 Å². The SMILES string of the molecule is CC1CCN(C(=O)C(Cc2ccccc2)NC(=O)c2ccco2)CC1. The second kappa shape index (κ2) is 8.01. The fraction of sp³-hybridized carbons (Fsp3) is 0.400. The zero-order valence-electron chi connectivity index (χ0n) is 14.5. The maximum atomic E-state index is 13.0. The molecule has 0 bridgehead atoms. The summed E-state index contributed by atoms with van der Waals surface area (Å²) in [6, 6.07) is 12.4. The van der Waals surface area contributed by atoms with Crippen molar-refractivity contribution in [2.45, 2.75) is 32.2 Å². The molecule has 1 saturated heterocycles. The van der Waals surface area contributed by atoms with Crippen molar-refractivity contribution in [3.05, 3.63) is 60.1 Å². The number of hydrogen-bond donors (Lipinski definition) is 1. The van der Waals surface area contributed by atoms with Crippen LogP contribution in [-0.2, 0) is 11.2 Å². The number of benzene rings is 1. The van der Waals surface area contributed by atoms with Crippen molar-refractivity contribution in [1.82, 2.24) is 10.2 Å². The first kappa shape index (κ1) is 17.3. The Morgan fingerprint density at radius 3 is 2.52 bits per heavy atom. The molecule has 25 heavy (non-hydrogen) atoms. The summed E-state index contributed by atoms with van der Waals surface area (Å²) in [5.74, 6) is 0.493. The lowest BCUT2D eigenvalue weighted by atomic mass is 9.97. The Morgan fingerprint density at radius 2 is 1.88 bits per heavy atom. The molecule has 1 aliphatic heterocycles. The molecule has 0 spiro atoms. The minimum atomic E-state index is -0.589. The number of carbonyl (C=O) groups excluding carboxylic acids is 2. The van der Waals surface area contributed by atoms with Gasteiger partial charge in [-0.05, 0) is 36.5 Å². The van der Waals surface area contributed by atoms with Crippen LogP contribution in [0.25, 0.3) is 0 Å². The molecular weight excluding hydrogens is 316 g/mol. The van der Waals surface area contributed by atoms with E-state index in [1.165, 1.54) is 6.26 Å². The number of amides is 2. The van der Waals surface area contributed by atoms with E-state index >= 15 is 0 Å². The average Bonchev–Trinajstić information content (AvgIpc) is 3.17. The second-order valence-electron chi connectivity index (χ2n) is 6.70. The Labute approximate surface area is 148 Å². The lowest BCUT2D eigenvalue weighted by molar-refractivity contribution is -0.134. The highest BCUT2D eigenvalue weighted by molar-refractivity contribution is 5.95. The minimum absolute atomic E-state index is 0.0179. The Bertz CT molecular complexity index is 689. The summed E-state index contributed by atoms with van der Waals surface area (Å²) in [5, 5.41) is 2.85. The molecule has 2 heterocycles. The number of nitrogens with zero attached hydrogens (tertiary/aromatic N) is 1. The lowest BCUT2D eigenvalue weighted by Crippen LogP contribution is -2.51. The molecule has 1 atom stereocenters. The predicted molar refractivity (Wildman–Crippen MR) is 95.1 cm³/mol. The summed E-state index contributed by atoms with van der Waals surface area (Å²) >= 11 is 0. The van der Waals surface area contributed by atoms with Gasteiger partial charge in [-0.1, -0.05) is 37.3 Å². The lowest BCUT2D eigenvalue weighted by Gasteiger charge is -2.33. The van der Waals surface area contributed by atoms with Crippen LogP contribution in [-0.4, -0.2) is 35.8 Å². The van der Waals surface area contributed by atoms with Crippen LogP contribution >= 0.6 is 0 Å². The van der Waals surface area contributed by atoms with Crippen LogP contribution in [0.5, 0.6) is 0 Å². The Morgan fingerprint density at radius 1 is 1.16 bits per heavy atom. The van der Waals surface area contributed by atoms with Gasteiger partial charge in [-0.15, -0.1) is 0 Å². The topological polar surface area (TPSA) is 62.6 Å². The average molecular weight is 340 g/mol. The molecule has 0 radical (unpaired) electrons. The third-order valence-corrected chi connectivity index (χ3v) is 4.73. The second-order valence-corrected chi connectivity index (χ2v) is 6.70.